The maximum Gasteiger partial charge on any atom is 0.191 e. The molecular weight excluding hydrogens is 435 g/mol. The highest BCUT2D eigenvalue weighted by Gasteiger charge is 2.13. The van der Waals surface area contributed by atoms with E-state index in [1.54, 1.807) is 6.33 Å². The Kier molecular flexibility index (Phi) is 11.7. The largest absolute Gasteiger partial charge is 0.381 e. The van der Waals surface area contributed by atoms with Crippen molar-refractivity contribution in [1.82, 2.24) is 25.4 Å². The van der Waals surface area contributed by atoms with Crippen LogP contribution in [0.2, 0.25) is 0 Å². The van der Waals surface area contributed by atoms with Gasteiger partial charge in [0.05, 0.1) is 0 Å². The highest BCUT2D eigenvalue weighted by atomic mass is 127. The Hall–Kier alpha value is -0.940. The second-order valence-corrected chi connectivity index (χ2v) is 5.96. The van der Waals surface area contributed by atoms with Crippen LogP contribution in [0.4, 0.5) is 0 Å². The van der Waals surface area contributed by atoms with E-state index in [9.17, 15) is 0 Å². The lowest BCUT2D eigenvalue weighted by Crippen LogP contribution is -2.38. The summed E-state index contributed by atoms with van der Waals surface area (Å²) >= 11 is 0. The molecule has 1 aromatic heterocycles. The molecule has 1 fully saturated rings. The van der Waals surface area contributed by atoms with Gasteiger partial charge in [0.2, 0.25) is 0 Å². The Balaban J connectivity index is 0.00000312. The molecule has 1 aliphatic rings. The van der Waals surface area contributed by atoms with Gasteiger partial charge in [-0.1, -0.05) is 0 Å². The minimum Gasteiger partial charge on any atom is -0.381 e. The Morgan fingerprint density at radius 1 is 1.40 bits per heavy atom. The van der Waals surface area contributed by atoms with E-state index in [1.807, 2.05) is 11.6 Å². The van der Waals surface area contributed by atoms with E-state index in [2.05, 4.69) is 32.7 Å². The number of aromatic nitrogens is 3. The Bertz CT molecular complexity index is 491. The molecule has 0 aromatic carbocycles. The molecule has 2 N–H and O–H groups in total. The minimum atomic E-state index is 0. The van der Waals surface area contributed by atoms with E-state index in [1.165, 1.54) is 0 Å². The zero-order valence-electron chi connectivity index (χ0n) is 15.2. The van der Waals surface area contributed by atoms with Crippen molar-refractivity contribution in [3.8, 4) is 0 Å². The van der Waals surface area contributed by atoms with Gasteiger partial charge in [-0.25, -0.2) is 4.99 Å². The number of rotatable bonds is 9. The first-order chi connectivity index (χ1) is 11.8. The molecule has 25 heavy (non-hydrogen) atoms. The smallest absolute Gasteiger partial charge is 0.191 e. The molecule has 0 saturated carbocycles. The predicted molar refractivity (Wildman–Crippen MR) is 108 cm³/mol. The van der Waals surface area contributed by atoms with Crippen LogP contribution in [0.3, 0.4) is 0 Å². The third-order valence-corrected chi connectivity index (χ3v) is 3.98. The van der Waals surface area contributed by atoms with Gasteiger partial charge in [0.25, 0.3) is 0 Å². The molecule has 1 aromatic rings. The predicted octanol–water partition coefficient (Wildman–Crippen LogP) is 1.32. The zero-order chi connectivity index (χ0) is 17.0. The maximum atomic E-state index is 5.77. The van der Waals surface area contributed by atoms with Crippen LogP contribution < -0.4 is 10.6 Å². The number of hydrogen-bond donors (Lipinski definition) is 2. The lowest BCUT2D eigenvalue weighted by atomic mass is 10.0. The third kappa shape index (κ3) is 8.82. The van der Waals surface area contributed by atoms with Gasteiger partial charge in [-0.2, -0.15) is 0 Å². The second kappa shape index (κ2) is 13.3. The van der Waals surface area contributed by atoms with Crippen LogP contribution in [0.15, 0.2) is 11.3 Å². The fourth-order valence-corrected chi connectivity index (χ4v) is 2.49. The summed E-state index contributed by atoms with van der Waals surface area (Å²) in [6.45, 7) is 7.59. The van der Waals surface area contributed by atoms with Crippen molar-refractivity contribution >= 4 is 29.9 Å². The second-order valence-electron chi connectivity index (χ2n) is 5.96. The van der Waals surface area contributed by atoms with Gasteiger partial charge in [0.15, 0.2) is 11.8 Å². The van der Waals surface area contributed by atoms with Crippen LogP contribution in [0.5, 0.6) is 0 Å². The normalized spacial score (nSPS) is 15.7. The van der Waals surface area contributed by atoms with Crippen molar-refractivity contribution in [2.75, 3.05) is 39.5 Å². The molecule has 0 radical (unpaired) electrons. The summed E-state index contributed by atoms with van der Waals surface area (Å²) < 4.78 is 13.0. The topological polar surface area (TPSA) is 85.6 Å². The molecule has 144 valence electrons. The van der Waals surface area contributed by atoms with E-state index in [-0.39, 0.29) is 24.0 Å². The number of hydrogen-bond acceptors (Lipinski definition) is 5. The summed E-state index contributed by atoms with van der Waals surface area (Å²) in [6.07, 6.45) is 4.88. The fraction of sp³-hybridized carbons (Fsp3) is 0.812. The molecule has 0 atom stereocenters. The summed E-state index contributed by atoms with van der Waals surface area (Å²) in [5.74, 6) is 2.30. The highest BCUT2D eigenvalue weighted by Crippen LogP contribution is 2.14. The van der Waals surface area contributed by atoms with Crippen molar-refractivity contribution < 1.29 is 9.47 Å². The number of ether oxygens (including phenoxy) is 2. The first-order valence-electron chi connectivity index (χ1n) is 8.80. The summed E-state index contributed by atoms with van der Waals surface area (Å²) in [5, 5.41) is 14.4. The Labute approximate surface area is 167 Å². The van der Waals surface area contributed by atoms with Crippen LogP contribution in [0, 0.1) is 5.92 Å². The lowest BCUT2D eigenvalue weighted by Gasteiger charge is -2.21. The molecule has 2 rings (SSSR count). The molecule has 0 aliphatic carbocycles. The van der Waals surface area contributed by atoms with Crippen molar-refractivity contribution in [3.05, 3.63) is 12.2 Å². The van der Waals surface area contributed by atoms with Gasteiger partial charge in [0, 0.05) is 46.6 Å². The number of halogens is 1. The van der Waals surface area contributed by atoms with Crippen LogP contribution >= 0.6 is 24.0 Å². The van der Waals surface area contributed by atoms with E-state index >= 15 is 0 Å². The molecule has 9 heteroatoms. The van der Waals surface area contributed by atoms with Crippen molar-refractivity contribution in [2.45, 2.75) is 32.7 Å². The summed E-state index contributed by atoms with van der Waals surface area (Å²) in [6, 6.07) is 0. The average Bonchev–Trinajstić information content (AvgIpc) is 3.01. The van der Waals surface area contributed by atoms with E-state index in [0.717, 1.165) is 70.6 Å². The van der Waals surface area contributed by atoms with Crippen molar-refractivity contribution in [3.63, 3.8) is 0 Å². The lowest BCUT2D eigenvalue weighted by molar-refractivity contribution is 0.0203. The van der Waals surface area contributed by atoms with Crippen molar-refractivity contribution in [2.24, 2.45) is 18.0 Å². The van der Waals surface area contributed by atoms with E-state index < -0.39 is 0 Å². The number of aliphatic imine (C=N–C) groups is 1. The monoisotopic (exact) mass is 466 g/mol. The average molecular weight is 466 g/mol. The standard InChI is InChI=1S/C16H30N6O2.HI/c1-3-17-16(19-11-15-21-20-13-22(15)2)18-7-4-8-24-12-14-5-9-23-10-6-14;/h13-14H,3-12H2,1-2H3,(H2,17,18,19);1H. The van der Waals surface area contributed by atoms with Crippen molar-refractivity contribution in [1.29, 1.82) is 0 Å². The number of nitrogens with one attached hydrogen (secondary N) is 2. The third-order valence-electron chi connectivity index (χ3n) is 3.98. The van der Waals surface area contributed by atoms with Crippen LogP contribution in [-0.2, 0) is 23.1 Å². The molecule has 1 aliphatic heterocycles. The number of aryl methyl sites for hydroxylation is 1. The van der Waals surface area contributed by atoms with E-state index in [0.29, 0.717) is 12.5 Å². The molecule has 0 spiro atoms. The quantitative estimate of drug-likeness (QED) is 0.247. The van der Waals surface area contributed by atoms with Gasteiger partial charge in [0.1, 0.15) is 12.9 Å². The first-order valence-corrected chi connectivity index (χ1v) is 8.80. The Morgan fingerprint density at radius 3 is 2.88 bits per heavy atom. The summed E-state index contributed by atoms with van der Waals surface area (Å²) in [4.78, 5) is 4.52. The highest BCUT2D eigenvalue weighted by molar-refractivity contribution is 14.0. The van der Waals surface area contributed by atoms with Crippen LogP contribution in [-0.4, -0.2) is 60.2 Å². The zero-order valence-corrected chi connectivity index (χ0v) is 17.6. The Morgan fingerprint density at radius 2 is 2.20 bits per heavy atom. The van der Waals surface area contributed by atoms with E-state index in [4.69, 9.17) is 9.47 Å². The molecule has 1 saturated heterocycles. The summed E-state index contributed by atoms with van der Waals surface area (Å²) in [5.41, 5.74) is 0. The van der Waals surface area contributed by atoms with Gasteiger partial charge in [-0.05, 0) is 32.1 Å². The van der Waals surface area contributed by atoms with Crippen LogP contribution in [0.25, 0.3) is 0 Å². The van der Waals surface area contributed by atoms with Gasteiger partial charge in [-0.15, -0.1) is 34.2 Å². The van der Waals surface area contributed by atoms with Crippen LogP contribution in [0.1, 0.15) is 32.0 Å². The molecule has 0 unspecified atom stereocenters. The molecular formula is C16H31IN6O2. The number of guanidine groups is 1. The van der Waals surface area contributed by atoms with Gasteiger partial charge in [-0.3, -0.25) is 0 Å². The minimum absolute atomic E-state index is 0. The first kappa shape index (κ1) is 22.1. The van der Waals surface area contributed by atoms with Gasteiger partial charge < -0.3 is 24.7 Å². The number of nitrogens with zero attached hydrogens (tertiary/aromatic N) is 4. The molecule has 8 nitrogen and oxygen atoms in total. The summed E-state index contributed by atoms with van der Waals surface area (Å²) in [7, 11) is 1.92. The van der Waals surface area contributed by atoms with Gasteiger partial charge >= 0.3 is 0 Å². The fourth-order valence-electron chi connectivity index (χ4n) is 2.49. The molecule has 2 heterocycles. The molecule has 0 bridgehead atoms. The SMILES string of the molecule is CCNC(=NCc1nncn1C)NCCCOCC1CCOCC1.I. The maximum absolute atomic E-state index is 5.77. The molecule has 0 amide bonds.